The minimum absolute atomic E-state index is 0.246. The van der Waals surface area contributed by atoms with Crippen LogP contribution in [0.4, 0.5) is 0 Å². The molecule has 8 nitrogen and oxygen atoms in total. The molecule has 0 spiro atoms. The highest BCUT2D eigenvalue weighted by atomic mass is 32.2. The van der Waals surface area contributed by atoms with Crippen LogP contribution < -0.4 is 19.5 Å². The lowest BCUT2D eigenvalue weighted by Gasteiger charge is -2.16. The first-order valence-electron chi connectivity index (χ1n) is 10.2. The number of nitrogens with zero attached hydrogens (tertiary/aromatic N) is 1. The van der Waals surface area contributed by atoms with Crippen molar-refractivity contribution in [2.75, 3.05) is 33.4 Å². The fourth-order valence-electron chi connectivity index (χ4n) is 3.20. The van der Waals surface area contributed by atoms with Crippen LogP contribution in [0.25, 0.3) is 0 Å². The van der Waals surface area contributed by atoms with E-state index >= 15 is 0 Å². The number of carbonyl (C=O) groups excluding carboxylic acids is 1. The van der Waals surface area contributed by atoms with Gasteiger partial charge in [-0.15, -0.1) is 0 Å². The Morgan fingerprint density at radius 2 is 1.74 bits per heavy atom. The van der Waals surface area contributed by atoms with E-state index in [-0.39, 0.29) is 17.4 Å². The van der Waals surface area contributed by atoms with Gasteiger partial charge in [0.25, 0.3) is 5.91 Å². The van der Waals surface area contributed by atoms with Crippen LogP contribution in [0.3, 0.4) is 0 Å². The zero-order chi connectivity index (χ0) is 22.3. The van der Waals surface area contributed by atoms with Gasteiger partial charge in [0, 0.05) is 19.2 Å². The highest BCUT2D eigenvalue weighted by Gasteiger charge is 2.26. The summed E-state index contributed by atoms with van der Waals surface area (Å²) < 4.78 is 42.9. The fraction of sp³-hybridized carbons (Fsp3) is 0.409. The van der Waals surface area contributed by atoms with Gasteiger partial charge in [-0.05, 0) is 56.2 Å². The molecule has 1 aliphatic heterocycles. The van der Waals surface area contributed by atoms with Crippen LogP contribution in [0.1, 0.15) is 19.8 Å². The van der Waals surface area contributed by atoms with Gasteiger partial charge in [-0.25, -0.2) is 8.42 Å². The van der Waals surface area contributed by atoms with Gasteiger partial charge < -0.3 is 19.5 Å². The van der Waals surface area contributed by atoms with Crippen molar-refractivity contribution in [3.63, 3.8) is 0 Å². The smallest absolute Gasteiger partial charge is 0.260 e. The molecule has 0 bridgehead atoms. The Morgan fingerprint density at radius 1 is 1.06 bits per heavy atom. The summed E-state index contributed by atoms with van der Waals surface area (Å²) in [6, 6.07) is 13.4. The van der Waals surface area contributed by atoms with Gasteiger partial charge in [0.1, 0.15) is 23.9 Å². The summed E-state index contributed by atoms with van der Waals surface area (Å²) in [4.78, 5) is 12.5. The standard InChI is InChI=1S/C22H28N2O6S/c1-17(30-20-7-5-6-19(16-20)28-2)22(25)23-12-15-29-18-8-10-21(11-9-18)31(26,27)24-13-3-4-14-24/h5-11,16-17H,3-4,12-15H2,1-2H3,(H,23,25). The number of hydrogen-bond donors (Lipinski definition) is 1. The molecule has 0 radical (unpaired) electrons. The summed E-state index contributed by atoms with van der Waals surface area (Å²) >= 11 is 0. The Hall–Kier alpha value is -2.78. The van der Waals surface area contributed by atoms with E-state index in [4.69, 9.17) is 14.2 Å². The van der Waals surface area contributed by atoms with Crippen molar-refractivity contribution in [1.82, 2.24) is 9.62 Å². The van der Waals surface area contributed by atoms with E-state index in [1.807, 2.05) is 0 Å². The van der Waals surface area contributed by atoms with Gasteiger partial charge in [-0.1, -0.05) is 6.07 Å². The molecule has 2 aromatic carbocycles. The van der Waals surface area contributed by atoms with E-state index in [2.05, 4.69) is 5.32 Å². The molecule has 168 valence electrons. The zero-order valence-corrected chi connectivity index (χ0v) is 18.6. The molecule has 9 heteroatoms. The Kier molecular flexibility index (Phi) is 7.75. The van der Waals surface area contributed by atoms with Crippen molar-refractivity contribution in [2.24, 2.45) is 0 Å². The Balaban J connectivity index is 1.42. The third-order valence-electron chi connectivity index (χ3n) is 4.92. The van der Waals surface area contributed by atoms with Crippen LogP contribution in [0.5, 0.6) is 17.2 Å². The van der Waals surface area contributed by atoms with E-state index in [0.29, 0.717) is 36.9 Å². The van der Waals surface area contributed by atoms with Crippen LogP contribution >= 0.6 is 0 Å². The van der Waals surface area contributed by atoms with E-state index in [1.165, 1.54) is 4.31 Å². The first-order valence-corrected chi connectivity index (χ1v) is 11.7. The predicted molar refractivity (Wildman–Crippen MR) is 116 cm³/mol. The topological polar surface area (TPSA) is 94.2 Å². The molecule has 1 fully saturated rings. The molecule has 1 saturated heterocycles. The first-order chi connectivity index (χ1) is 14.9. The van der Waals surface area contributed by atoms with Crippen LogP contribution in [-0.4, -0.2) is 58.1 Å². The van der Waals surface area contributed by atoms with Gasteiger partial charge in [0.2, 0.25) is 10.0 Å². The Morgan fingerprint density at radius 3 is 2.42 bits per heavy atom. The summed E-state index contributed by atoms with van der Waals surface area (Å²) in [5.41, 5.74) is 0. The van der Waals surface area contributed by atoms with Crippen molar-refractivity contribution in [3.05, 3.63) is 48.5 Å². The van der Waals surface area contributed by atoms with Gasteiger partial charge in [-0.3, -0.25) is 4.79 Å². The van der Waals surface area contributed by atoms with Gasteiger partial charge in [0.05, 0.1) is 18.6 Å². The molecule has 0 saturated carbocycles. The molecule has 2 aromatic rings. The van der Waals surface area contributed by atoms with Crippen LogP contribution in [0.2, 0.25) is 0 Å². The van der Waals surface area contributed by atoms with Gasteiger partial charge >= 0.3 is 0 Å². The minimum Gasteiger partial charge on any atom is -0.497 e. The van der Waals surface area contributed by atoms with Crippen LogP contribution in [-0.2, 0) is 14.8 Å². The summed E-state index contributed by atoms with van der Waals surface area (Å²) in [6.45, 7) is 3.34. The molecule has 31 heavy (non-hydrogen) atoms. The molecule has 1 amide bonds. The molecule has 1 N–H and O–H groups in total. The van der Waals surface area contributed by atoms with Gasteiger partial charge in [0.15, 0.2) is 6.10 Å². The summed E-state index contributed by atoms with van der Waals surface area (Å²) in [6.07, 6.45) is 1.12. The average Bonchev–Trinajstić information content (AvgIpc) is 3.33. The second-order valence-electron chi connectivity index (χ2n) is 7.16. The molecule has 1 aliphatic rings. The van der Waals surface area contributed by atoms with E-state index in [1.54, 1.807) is 62.6 Å². The monoisotopic (exact) mass is 448 g/mol. The molecule has 1 heterocycles. The molecule has 0 aromatic heterocycles. The summed E-state index contributed by atoms with van der Waals surface area (Å²) in [7, 11) is -1.87. The SMILES string of the molecule is COc1cccc(OC(C)C(=O)NCCOc2ccc(S(=O)(=O)N3CCCC3)cc2)c1. The summed E-state index contributed by atoms with van der Waals surface area (Å²) in [5.74, 6) is 1.47. The maximum atomic E-state index is 12.5. The van der Waals surface area contributed by atoms with Crippen molar-refractivity contribution < 1.29 is 27.4 Å². The molecular formula is C22H28N2O6S. The summed E-state index contributed by atoms with van der Waals surface area (Å²) in [5, 5.41) is 2.75. The molecule has 1 atom stereocenters. The number of benzene rings is 2. The number of ether oxygens (including phenoxy) is 3. The lowest BCUT2D eigenvalue weighted by molar-refractivity contribution is -0.127. The zero-order valence-electron chi connectivity index (χ0n) is 17.7. The Bertz CT molecular complexity index is 972. The lowest BCUT2D eigenvalue weighted by Crippen LogP contribution is -2.38. The van der Waals surface area contributed by atoms with Crippen LogP contribution in [0.15, 0.2) is 53.4 Å². The van der Waals surface area contributed by atoms with E-state index in [9.17, 15) is 13.2 Å². The molecule has 3 rings (SSSR count). The number of carbonyl (C=O) groups is 1. The highest BCUT2D eigenvalue weighted by Crippen LogP contribution is 2.23. The predicted octanol–water partition coefficient (Wildman–Crippen LogP) is 2.44. The fourth-order valence-corrected chi connectivity index (χ4v) is 4.72. The number of nitrogens with one attached hydrogen (secondary N) is 1. The van der Waals surface area contributed by atoms with Crippen molar-refractivity contribution >= 4 is 15.9 Å². The normalized spacial score (nSPS) is 15.3. The number of sulfonamides is 1. The Labute approximate surface area is 183 Å². The van der Waals surface area contributed by atoms with E-state index < -0.39 is 16.1 Å². The van der Waals surface area contributed by atoms with Crippen molar-refractivity contribution in [3.8, 4) is 17.2 Å². The molecular weight excluding hydrogens is 420 g/mol. The maximum absolute atomic E-state index is 12.5. The number of amides is 1. The van der Waals surface area contributed by atoms with Crippen molar-refractivity contribution in [2.45, 2.75) is 30.8 Å². The average molecular weight is 449 g/mol. The molecule has 0 aliphatic carbocycles. The van der Waals surface area contributed by atoms with Gasteiger partial charge in [-0.2, -0.15) is 4.31 Å². The largest absolute Gasteiger partial charge is 0.497 e. The molecule has 1 unspecified atom stereocenters. The number of hydrogen-bond acceptors (Lipinski definition) is 6. The third kappa shape index (κ3) is 6.11. The number of rotatable bonds is 10. The number of methoxy groups -OCH3 is 1. The second kappa shape index (κ2) is 10.5. The highest BCUT2D eigenvalue weighted by molar-refractivity contribution is 7.89. The van der Waals surface area contributed by atoms with E-state index in [0.717, 1.165) is 12.8 Å². The first kappa shape index (κ1) is 22.9. The lowest BCUT2D eigenvalue weighted by atomic mass is 10.3. The van der Waals surface area contributed by atoms with Crippen molar-refractivity contribution in [1.29, 1.82) is 0 Å². The van der Waals surface area contributed by atoms with Crippen LogP contribution in [0, 0.1) is 0 Å². The maximum Gasteiger partial charge on any atom is 0.260 e. The third-order valence-corrected chi connectivity index (χ3v) is 6.83. The quantitative estimate of drug-likeness (QED) is 0.561. The second-order valence-corrected chi connectivity index (χ2v) is 9.10. The minimum atomic E-state index is -3.43.